The molecule has 0 radical (unpaired) electrons. The quantitative estimate of drug-likeness (QED) is 0.891. The van der Waals surface area contributed by atoms with Crippen LogP contribution in [0.5, 0.6) is 0 Å². The fourth-order valence-electron chi connectivity index (χ4n) is 1.38. The van der Waals surface area contributed by atoms with Crippen molar-refractivity contribution in [1.29, 1.82) is 0 Å². The Balaban J connectivity index is 2.07. The number of hydrogen-bond donors (Lipinski definition) is 1. The zero-order chi connectivity index (χ0) is 12.3. The SMILES string of the molecule is CN(Cc1ccsc1)C(=O)c1ccc(N)nn1. The van der Waals surface area contributed by atoms with Gasteiger partial charge in [0.2, 0.25) is 0 Å². The molecule has 0 saturated carbocycles. The van der Waals surface area contributed by atoms with Crippen molar-refractivity contribution in [2.24, 2.45) is 0 Å². The molecule has 2 aromatic heterocycles. The van der Waals surface area contributed by atoms with Crippen LogP contribution in [-0.2, 0) is 6.54 Å². The second-order valence-corrected chi connectivity index (χ2v) is 4.42. The lowest BCUT2D eigenvalue weighted by Crippen LogP contribution is -2.27. The maximum Gasteiger partial charge on any atom is 0.274 e. The Kier molecular flexibility index (Phi) is 3.34. The third-order valence-corrected chi connectivity index (χ3v) is 2.98. The van der Waals surface area contributed by atoms with E-state index >= 15 is 0 Å². The first kappa shape index (κ1) is 11.5. The van der Waals surface area contributed by atoms with Gasteiger partial charge in [-0.25, -0.2) is 0 Å². The summed E-state index contributed by atoms with van der Waals surface area (Å²) < 4.78 is 0. The Hall–Kier alpha value is -1.95. The summed E-state index contributed by atoms with van der Waals surface area (Å²) in [5, 5.41) is 11.4. The predicted octanol–water partition coefficient (Wildman–Crippen LogP) is 1.39. The average molecular weight is 248 g/mol. The number of carbonyl (C=O) groups is 1. The highest BCUT2D eigenvalue weighted by atomic mass is 32.1. The Morgan fingerprint density at radius 1 is 1.41 bits per heavy atom. The van der Waals surface area contributed by atoms with Gasteiger partial charge in [-0.05, 0) is 34.5 Å². The van der Waals surface area contributed by atoms with Crippen LogP contribution in [0.4, 0.5) is 5.82 Å². The van der Waals surface area contributed by atoms with Crippen LogP contribution in [0.25, 0.3) is 0 Å². The number of thiophene rings is 1. The molecule has 0 bridgehead atoms. The van der Waals surface area contributed by atoms with Crippen LogP contribution in [0.15, 0.2) is 29.0 Å². The second kappa shape index (κ2) is 4.92. The molecule has 1 amide bonds. The summed E-state index contributed by atoms with van der Waals surface area (Å²) in [5.74, 6) is 0.144. The van der Waals surface area contributed by atoms with Crippen LogP contribution < -0.4 is 5.73 Å². The lowest BCUT2D eigenvalue weighted by Gasteiger charge is -2.15. The van der Waals surface area contributed by atoms with Crippen LogP contribution in [0.3, 0.4) is 0 Å². The van der Waals surface area contributed by atoms with Gasteiger partial charge in [0, 0.05) is 13.6 Å². The van der Waals surface area contributed by atoms with E-state index in [0.717, 1.165) is 5.56 Å². The fraction of sp³-hybridized carbons (Fsp3) is 0.182. The van der Waals surface area contributed by atoms with E-state index in [-0.39, 0.29) is 5.91 Å². The maximum atomic E-state index is 12.0. The summed E-state index contributed by atoms with van der Waals surface area (Å²) in [6.07, 6.45) is 0. The smallest absolute Gasteiger partial charge is 0.274 e. The van der Waals surface area contributed by atoms with Gasteiger partial charge in [-0.3, -0.25) is 4.79 Å². The molecule has 0 aromatic carbocycles. The molecule has 0 saturated heterocycles. The first-order chi connectivity index (χ1) is 8.16. The van der Waals surface area contributed by atoms with E-state index in [0.29, 0.717) is 18.1 Å². The van der Waals surface area contributed by atoms with Crippen molar-refractivity contribution in [3.8, 4) is 0 Å². The van der Waals surface area contributed by atoms with Gasteiger partial charge in [0.25, 0.3) is 5.91 Å². The summed E-state index contributed by atoms with van der Waals surface area (Å²) in [5.41, 5.74) is 6.82. The van der Waals surface area contributed by atoms with Crippen LogP contribution in [0.1, 0.15) is 16.1 Å². The number of rotatable bonds is 3. The van der Waals surface area contributed by atoms with Gasteiger partial charge >= 0.3 is 0 Å². The molecule has 2 aromatic rings. The first-order valence-corrected chi connectivity index (χ1v) is 5.97. The van der Waals surface area contributed by atoms with Crippen LogP contribution >= 0.6 is 11.3 Å². The largest absolute Gasteiger partial charge is 0.382 e. The highest BCUT2D eigenvalue weighted by Crippen LogP contribution is 2.10. The molecular formula is C11H12N4OS. The Labute approximate surface area is 103 Å². The Morgan fingerprint density at radius 2 is 2.24 bits per heavy atom. The monoisotopic (exact) mass is 248 g/mol. The van der Waals surface area contributed by atoms with Crippen molar-refractivity contribution in [3.63, 3.8) is 0 Å². The molecule has 6 heteroatoms. The molecule has 0 unspecified atom stereocenters. The van der Waals surface area contributed by atoms with E-state index in [1.54, 1.807) is 35.4 Å². The van der Waals surface area contributed by atoms with Gasteiger partial charge in [-0.2, -0.15) is 11.3 Å². The number of nitrogens with zero attached hydrogens (tertiary/aromatic N) is 3. The van der Waals surface area contributed by atoms with E-state index in [4.69, 9.17) is 5.73 Å². The molecule has 0 spiro atoms. The van der Waals surface area contributed by atoms with Crippen LogP contribution in [0.2, 0.25) is 0 Å². The summed E-state index contributed by atoms with van der Waals surface area (Å²) in [4.78, 5) is 13.6. The third-order valence-electron chi connectivity index (χ3n) is 2.25. The zero-order valence-corrected chi connectivity index (χ0v) is 10.1. The number of nitrogen functional groups attached to an aromatic ring is 1. The molecular weight excluding hydrogens is 236 g/mol. The molecule has 0 aliphatic heterocycles. The molecule has 2 rings (SSSR count). The van der Waals surface area contributed by atoms with Gasteiger partial charge in [0.05, 0.1) is 0 Å². The van der Waals surface area contributed by atoms with Gasteiger partial charge < -0.3 is 10.6 Å². The summed E-state index contributed by atoms with van der Waals surface area (Å²) in [6.45, 7) is 0.564. The number of nitrogens with two attached hydrogens (primary N) is 1. The van der Waals surface area contributed by atoms with E-state index in [1.807, 2.05) is 16.8 Å². The molecule has 0 atom stereocenters. The van der Waals surface area contributed by atoms with Gasteiger partial charge in [-0.15, -0.1) is 10.2 Å². The van der Waals surface area contributed by atoms with Crippen LogP contribution in [-0.4, -0.2) is 28.1 Å². The summed E-state index contributed by atoms with van der Waals surface area (Å²) in [7, 11) is 1.73. The van der Waals surface area contributed by atoms with E-state index < -0.39 is 0 Å². The molecule has 2 N–H and O–H groups in total. The second-order valence-electron chi connectivity index (χ2n) is 3.64. The number of aromatic nitrogens is 2. The number of hydrogen-bond acceptors (Lipinski definition) is 5. The van der Waals surface area contributed by atoms with Crippen molar-refractivity contribution in [2.45, 2.75) is 6.54 Å². The summed E-state index contributed by atoms with van der Waals surface area (Å²) >= 11 is 1.61. The van der Waals surface area contributed by atoms with Crippen LogP contribution in [0, 0.1) is 0 Å². The standard InChI is InChI=1S/C11H12N4OS/c1-15(6-8-4-5-17-7-8)11(16)9-2-3-10(12)14-13-9/h2-5,7H,6H2,1H3,(H2,12,14). The number of anilines is 1. The first-order valence-electron chi connectivity index (χ1n) is 5.02. The molecule has 2 heterocycles. The van der Waals surface area contributed by atoms with E-state index in [1.165, 1.54) is 0 Å². The normalized spacial score (nSPS) is 10.2. The number of carbonyl (C=O) groups excluding carboxylic acids is 1. The fourth-order valence-corrected chi connectivity index (χ4v) is 2.04. The van der Waals surface area contributed by atoms with Crippen molar-refractivity contribution < 1.29 is 4.79 Å². The topological polar surface area (TPSA) is 72.1 Å². The van der Waals surface area contributed by atoms with Gasteiger partial charge in [0.1, 0.15) is 5.82 Å². The zero-order valence-electron chi connectivity index (χ0n) is 9.33. The predicted molar refractivity (Wildman–Crippen MR) is 66.6 cm³/mol. The number of amides is 1. The van der Waals surface area contributed by atoms with Crippen molar-refractivity contribution >= 4 is 23.1 Å². The highest BCUT2D eigenvalue weighted by Gasteiger charge is 2.13. The average Bonchev–Trinajstić information content (AvgIpc) is 2.82. The van der Waals surface area contributed by atoms with Crippen molar-refractivity contribution in [3.05, 3.63) is 40.2 Å². The molecule has 5 nitrogen and oxygen atoms in total. The molecule has 0 fully saturated rings. The minimum absolute atomic E-state index is 0.163. The lowest BCUT2D eigenvalue weighted by molar-refractivity contribution is 0.0778. The highest BCUT2D eigenvalue weighted by molar-refractivity contribution is 7.07. The van der Waals surface area contributed by atoms with Gasteiger partial charge in [0.15, 0.2) is 5.69 Å². The third kappa shape index (κ3) is 2.79. The lowest BCUT2D eigenvalue weighted by atomic mass is 10.3. The minimum Gasteiger partial charge on any atom is -0.382 e. The summed E-state index contributed by atoms with van der Waals surface area (Å²) in [6, 6.07) is 5.14. The van der Waals surface area contributed by atoms with Crippen molar-refractivity contribution in [2.75, 3.05) is 12.8 Å². The molecule has 0 aliphatic rings. The van der Waals surface area contributed by atoms with E-state index in [9.17, 15) is 4.79 Å². The maximum absolute atomic E-state index is 12.0. The molecule has 88 valence electrons. The van der Waals surface area contributed by atoms with E-state index in [2.05, 4.69) is 10.2 Å². The Bertz CT molecular complexity index is 495. The molecule has 0 aliphatic carbocycles. The minimum atomic E-state index is -0.163. The van der Waals surface area contributed by atoms with Gasteiger partial charge in [-0.1, -0.05) is 0 Å². The Morgan fingerprint density at radius 3 is 2.82 bits per heavy atom. The molecule has 17 heavy (non-hydrogen) atoms. The van der Waals surface area contributed by atoms with Crippen molar-refractivity contribution in [1.82, 2.24) is 15.1 Å².